The molecule has 27 heavy (non-hydrogen) atoms. The van der Waals surface area contributed by atoms with Crippen LogP contribution in [0.3, 0.4) is 0 Å². The van der Waals surface area contributed by atoms with E-state index in [-0.39, 0.29) is 0 Å². The minimum Gasteiger partial charge on any atom is -0.347 e. The molecule has 1 aliphatic rings. The van der Waals surface area contributed by atoms with Crippen LogP contribution in [0.2, 0.25) is 72.0 Å². The molecule has 1 fully saturated rings. The summed E-state index contributed by atoms with van der Waals surface area (Å²) in [6, 6.07) is 0. The summed E-state index contributed by atoms with van der Waals surface area (Å²) in [5, 5.41) is 3.64. The summed E-state index contributed by atoms with van der Waals surface area (Å²) >= 11 is 0. The zero-order valence-corrected chi connectivity index (χ0v) is 24.5. The number of nitrogens with zero attached hydrogens (tertiary/aromatic N) is 4. The van der Waals surface area contributed by atoms with E-state index in [1.807, 2.05) is 0 Å². The Balaban J connectivity index is 2.57. The normalized spacial score (nSPS) is 18.9. The third-order valence-electron chi connectivity index (χ3n) is 5.47. The maximum absolute atomic E-state index is 3.64. The van der Waals surface area contributed by atoms with Crippen LogP contribution in [0.1, 0.15) is 0 Å². The average Bonchev–Trinajstić information content (AvgIpc) is 2.43. The topological polar surface area (TPSA) is 25.0 Å². The van der Waals surface area contributed by atoms with Gasteiger partial charge in [-0.3, -0.25) is 15.1 Å². The molecule has 0 aromatic rings. The van der Waals surface area contributed by atoms with Crippen molar-refractivity contribution in [1.82, 2.24) is 23.6 Å². The summed E-state index contributed by atoms with van der Waals surface area (Å²) < 4.78 is 5.81. The Morgan fingerprint density at radius 3 is 1.56 bits per heavy atom. The van der Waals surface area contributed by atoms with E-state index in [9.17, 15) is 0 Å². The van der Waals surface area contributed by atoms with Gasteiger partial charge in [0, 0.05) is 13.1 Å². The maximum atomic E-state index is 3.64. The molecule has 1 N–H and O–H groups in total. The van der Waals surface area contributed by atoms with Crippen LogP contribution in [0.15, 0.2) is 0 Å². The molecule has 0 aromatic heterocycles. The van der Waals surface area contributed by atoms with Crippen LogP contribution in [-0.4, -0.2) is 98.1 Å². The summed E-state index contributed by atoms with van der Waals surface area (Å²) in [7, 11) is -4.41. The van der Waals surface area contributed by atoms with Crippen molar-refractivity contribution in [3.63, 3.8) is 0 Å². The standard InChI is InChI=1S/C18H49N5Si4/c1-24(2)22(25(3,4)5)14-12-20-16-19-17-21(18-20)13-15-23(26(6,7)8)27(9,10)11/h19,24H,12-18H2,1-11H3. The van der Waals surface area contributed by atoms with E-state index in [1.165, 1.54) is 26.2 Å². The van der Waals surface area contributed by atoms with Crippen LogP contribution in [0.4, 0.5) is 0 Å². The highest BCUT2D eigenvalue weighted by Gasteiger charge is 2.34. The van der Waals surface area contributed by atoms with Gasteiger partial charge in [-0.2, -0.15) is 0 Å². The van der Waals surface area contributed by atoms with Crippen molar-refractivity contribution < 1.29 is 0 Å². The Kier molecular flexibility index (Phi) is 9.63. The minimum atomic E-state index is -1.25. The van der Waals surface area contributed by atoms with Crippen molar-refractivity contribution in [2.75, 3.05) is 46.2 Å². The van der Waals surface area contributed by atoms with Gasteiger partial charge in [-0.1, -0.05) is 72.0 Å². The van der Waals surface area contributed by atoms with Crippen LogP contribution in [0, 0.1) is 0 Å². The molecule has 1 heterocycles. The monoisotopic (exact) mass is 447 g/mol. The van der Waals surface area contributed by atoms with Gasteiger partial charge in [0.15, 0.2) is 0 Å². The van der Waals surface area contributed by atoms with Crippen LogP contribution in [0.5, 0.6) is 0 Å². The first-order chi connectivity index (χ1) is 12.1. The molecular weight excluding hydrogens is 399 g/mol. The van der Waals surface area contributed by atoms with Crippen molar-refractivity contribution in [2.45, 2.75) is 72.0 Å². The quantitative estimate of drug-likeness (QED) is 0.519. The molecule has 5 nitrogen and oxygen atoms in total. The molecule has 1 rings (SSSR count). The van der Waals surface area contributed by atoms with E-state index >= 15 is 0 Å². The van der Waals surface area contributed by atoms with Gasteiger partial charge < -0.3 is 8.46 Å². The predicted molar refractivity (Wildman–Crippen MR) is 133 cm³/mol. The van der Waals surface area contributed by atoms with Crippen molar-refractivity contribution in [3.8, 4) is 0 Å². The van der Waals surface area contributed by atoms with Gasteiger partial charge in [0.05, 0.1) is 29.0 Å². The lowest BCUT2D eigenvalue weighted by molar-refractivity contribution is 0.0637. The second-order valence-electron chi connectivity index (χ2n) is 11.4. The van der Waals surface area contributed by atoms with Gasteiger partial charge in [-0.15, -0.1) is 0 Å². The number of nitrogens with one attached hydrogen (secondary N) is 1. The van der Waals surface area contributed by atoms with Gasteiger partial charge >= 0.3 is 0 Å². The molecule has 0 spiro atoms. The molecule has 0 amide bonds. The summed E-state index contributed by atoms with van der Waals surface area (Å²) in [5.74, 6) is 0. The largest absolute Gasteiger partial charge is 0.347 e. The number of hydrogen-bond acceptors (Lipinski definition) is 5. The lowest BCUT2D eigenvalue weighted by Gasteiger charge is -2.45. The molecule has 0 atom stereocenters. The highest BCUT2D eigenvalue weighted by molar-refractivity contribution is 6.89. The first kappa shape index (κ1) is 25.7. The minimum absolute atomic E-state index is 0.727. The Morgan fingerprint density at radius 1 is 0.741 bits per heavy atom. The van der Waals surface area contributed by atoms with Crippen molar-refractivity contribution >= 4 is 33.7 Å². The fourth-order valence-corrected chi connectivity index (χ4v) is 21.8. The van der Waals surface area contributed by atoms with Crippen molar-refractivity contribution in [2.24, 2.45) is 0 Å². The molecule has 0 unspecified atom stereocenters. The molecule has 0 bridgehead atoms. The summed E-state index contributed by atoms with van der Waals surface area (Å²) in [6.07, 6.45) is 0. The SMILES string of the molecule is C[SiH](C)N(CCN1CNCN(CCN([Si](C)(C)C)[Si](C)(C)C)C1)[Si](C)(C)C. The summed E-state index contributed by atoms with van der Waals surface area (Å²) in [5.41, 5.74) is 0. The van der Waals surface area contributed by atoms with Gasteiger partial charge in [-0.25, -0.2) is 0 Å². The highest BCUT2D eigenvalue weighted by atomic mass is 28.4. The Bertz CT molecular complexity index is 429. The van der Waals surface area contributed by atoms with Crippen molar-refractivity contribution in [1.29, 1.82) is 0 Å². The highest BCUT2D eigenvalue weighted by Crippen LogP contribution is 2.19. The predicted octanol–water partition coefficient (Wildman–Crippen LogP) is 3.16. The maximum Gasteiger partial charge on any atom is 0.112 e. The molecule has 1 aliphatic heterocycles. The summed E-state index contributed by atoms with van der Waals surface area (Å²) in [6.45, 7) is 35.6. The van der Waals surface area contributed by atoms with E-state index in [1.54, 1.807) is 0 Å². The van der Waals surface area contributed by atoms with Crippen LogP contribution >= 0.6 is 0 Å². The fraction of sp³-hybridized carbons (Fsp3) is 1.00. The van der Waals surface area contributed by atoms with Gasteiger partial charge in [-0.05, 0) is 13.1 Å². The third kappa shape index (κ3) is 8.91. The lowest BCUT2D eigenvalue weighted by atomic mass is 10.4. The Morgan fingerprint density at radius 2 is 1.19 bits per heavy atom. The fourth-order valence-electron chi connectivity index (χ4n) is 4.58. The zero-order valence-electron chi connectivity index (χ0n) is 20.3. The van der Waals surface area contributed by atoms with E-state index < -0.39 is 33.7 Å². The van der Waals surface area contributed by atoms with E-state index in [0.29, 0.717) is 0 Å². The molecule has 0 saturated carbocycles. The van der Waals surface area contributed by atoms with Crippen LogP contribution < -0.4 is 5.32 Å². The number of hydrogen-bond donors (Lipinski definition) is 1. The molecule has 1 saturated heterocycles. The second kappa shape index (κ2) is 10.1. The van der Waals surface area contributed by atoms with Crippen LogP contribution in [-0.2, 0) is 0 Å². The number of rotatable bonds is 10. The first-order valence-electron chi connectivity index (χ1n) is 10.8. The molecule has 0 aromatic carbocycles. The zero-order chi connectivity index (χ0) is 21.0. The Hall–Kier alpha value is 0.668. The van der Waals surface area contributed by atoms with Gasteiger partial charge in [0.25, 0.3) is 0 Å². The van der Waals surface area contributed by atoms with E-state index in [4.69, 9.17) is 0 Å². The first-order valence-corrected chi connectivity index (χ1v) is 24.0. The van der Waals surface area contributed by atoms with Gasteiger partial charge in [0.2, 0.25) is 0 Å². The smallest absolute Gasteiger partial charge is 0.112 e. The van der Waals surface area contributed by atoms with E-state index in [0.717, 1.165) is 20.0 Å². The molecule has 9 heteroatoms. The van der Waals surface area contributed by atoms with E-state index in [2.05, 4.69) is 95.6 Å². The third-order valence-corrected chi connectivity index (χ3v) is 20.5. The Labute approximate surface area is 175 Å². The molecule has 0 radical (unpaired) electrons. The lowest BCUT2D eigenvalue weighted by Crippen LogP contribution is -2.62. The molecule has 162 valence electrons. The van der Waals surface area contributed by atoms with Gasteiger partial charge in [0.1, 0.15) is 24.7 Å². The average molecular weight is 448 g/mol. The molecular formula is C18H49N5Si4. The molecule has 0 aliphatic carbocycles. The second-order valence-corrected chi connectivity index (χ2v) is 29.9. The van der Waals surface area contributed by atoms with Crippen molar-refractivity contribution in [3.05, 3.63) is 0 Å². The van der Waals surface area contributed by atoms with Crippen LogP contribution in [0.25, 0.3) is 0 Å². The summed E-state index contributed by atoms with van der Waals surface area (Å²) in [4.78, 5) is 5.23.